The van der Waals surface area contributed by atoms with Crippen LogP contribution in [0.15, 0.2) is 66.2 Å². The summed E-state index contributed by atoms with van der Waals surface area (Å²) in [7, 11) is 0. The Morgan fingerprint density at radius 2 is 1.85 bits per heavy atom. The molecule has 0 aliphatic heterocycles. The van der Waals surface area contributed by atoms with Gasteiger partial charge in [-0.3, -0.25) is 4.79 Å². The van der Waals surface area contributed by atoms with E-state index in [-0.39, 0.29) is 17.9 Å². The lowest BCUT2D eigenvalue weighted by atomic mass is 9.89. The monoisotopic (exact) mass is 380 g/mol. The fourth-order valence-corrected chi connectivity index (χ4v) is 3.52. The van der Waals surface area contributed by atoms with Crippen molar-refractivity contribution in [1.29, 1.82) is 0 Å². The second-order valence-corrected chi connectivity index (χ2v) is 7.61. The summed E-state index contributed by atoms with van der Waals surface area (Å²) >= 11 is 1.43. The first kappa shape index (κ1) is 19.1. The van der Waals surface area contributed by atoms with Crippen LogP contribution in [0.2, 0.25) is 0 Å². The van der Waals surface area contributed by atoms with Crippen LogP contribution >= 0.6 is 11.3 Å². The van der Waals surface area contributed by atoms with Crippen molar-refractivity contribution >= 4 is 22.4 Å². The summed E-state index contributed by atoms with van der Waals surface area (Å²) < 4.78 is 5.73. The number of nitrogens with one attached hydrogen (secondary N) is 1. The SMILES string of the molecule is CC(C)Oc1ccc([C@H](CC(=O)Nc2nccs2)Cc2ccccc2)cc1. The number of rotatable bonds is 8. The number of amides is 1. The normalized spacial score (nSPS) is 12.0. The van der Waals surface area contributed by atoms with Gasteiger partial charge in [-0.2, -0.15) is 0 Å². The molecule has 0 radical (unpaired) electrons. The summed E-state index contributed by atoms with van der Waals surface area (Å²) in [6, 6.07) is 18.3. The standard InChI is InChI=1S/C22H24N2O2S/c1-16(2)26-20-10-8-18(9-11-20)19(14-17-6-4-3-5-7-17)15-21(25)24-22-23-12-13-27-22/h3-13,16,19H,14-15H2,1-2H3,(H,23,24,25)/t19-/m0/s1. The van der Waals surface area contributed by atoms with Crippen molar-refractivity contribution in [1.82, 2.24) is 4.98 Å². The predicted molar refractivity (Wildman–Crippen MR) is 110 cm³/mol. The Morgan fingerprint density at radius 3 is 2.48 bits per heavy atom. The van der Waals surface area contributed by atoms with E-state index in [2.05, 4.69) is 34.6 Å². The molecule has 0 fully saturated rings. The summed E-state index contributed by atoms with van der Waals surface area (Å²) in [6.07, 6.45) is 3.03. The number of benzene rings is 2. The van der Waals surface area contributed by atoms with Crippen LogP contribution in [0.1, 0.15) is 37.3 Å². The van der Waals surface area contributed by atoms with Gasteiger partial charge in [-0.1, -0.05) is 42.5 Å². The smallest absolute Gasteiger partial charge is 0.226 e. The van der Waals surface area contributed by atoms with Crippen LogP contribution in [0.3, 0.4) is 0 Å². The van der Waals surface area contributed by atoms with E-state index in [0.717, 1.165) is 17.7 Å². The lowest BCUT2D eigenvalue weighted by Gasteiger charge is -2.18. The van der Waals surface area contributed by atoms with Crippen LogP contribution in [-0.4, -0.2) is 17.0 Å². The fraction of sp³-hybridized carbons (Fsp3) is 0.273. The minimum absolute atomic E-state index is 0.0200. The van der Waals surface area contributed by atoms with Crippen molar-refractivity contribution in [3.8, 4) is 5.75 Å². The molecule has 2 aromatic carbocycles. The van der Waals surface area contributed by atoms with Crippen molar-refractivity contribution in [2.24, 2.45) is 0 Å². The lowest BCUT2D eigenvalue weighted by Crippen LogP contribution is -2.17. The largest absolute Gasteiger partial charge is 0.491 e. The third kappa shape index (κ3) is 5.93. The van der Waals surface area contributed by atoms with E-state index in [9.17, 15) is 4.79 Å². The van der Waals surface area contributed by atoms with E-state index in [1.54, 1.807) is 6.20 Å². The number of ether oxygens (including phenoxy) is 1. The Morgan fingerprint density at radius 1 is 1.11 bits per heavy atom. The molecule has 0 saturated heterocycles. The topological polar surface area (TPSA) is 51.2 Å². The average Bonchev–Trinajstić information content (AvgIpc) is 3.15. The molecule has 0 bridgehead atoms. The van der Waals surface area contributed by atoms with Gasteiger partial charge in [0.15, 0.2) is 5.13 Å². The maximum atomic E-state index is 12.5. The van der Waals surface area contributed by atoms with Gasteiger partial charge in [0.25, 0.3) is 0 Å². The fourth-order valence-electron chi connectivity index (χ4n) is 2.98. The Kier molecular flexibility index (Phi) is 6.60. The van der Waals surface area contributed by atoms with Crippen LogP contribution in [0.5, 0.6) is 5.75 Å². The minimum Gasteiger partial charge on any atom is -0.491 e. The molecule has 4 nitrogen and oxygen atoms in total. The van der Waals surface area contributed by atoms with Crippen molar-refractivity contribution in [3.63, 3.8) is 0 Å². The first-order chi connectivity index (χ1) is 13.1. The molecular weight excluding hydrogens is 356 g/mol. The third-order valence-corrected chi connectivity index (χ3v) is 4.85. The number of carbonyl (C=O) groups is 1. The van der Waals surface area contributed by atoms with Crippen molar-refractivity contribution < 1.29 is 9.53 Å². The van der Waals surface area contributed by atoms with Crippen molar-refractivity contribution in [2.75, 3.05) is 5.32 Å². The number of anilines is 1. The van der Waals surface area contributed by atoms with Crippen LogP contribution in [0.4, 0.5) is 5.13 Å². The van der Waals surface area contributed by atoms with E-state index in [0.29, 0.717) is 11.6 Å². The molecule has 0 unspecified atom stereocenters. The third-order valence-electron chi connectivity index (χ3n) is 4.16. The Hall–Kier alpha value is -2.66. The molecule has 0 aliphatic carbocycles. The van der Waals surface area contributed by atoms with E-state index in [4.69, 9.17) is 4.74 Å². The second kappa shape index (κ2) is 9.33. The number of hydrogen-bond donors (Lipinski definition) is 1. The molecule has 3 aromatic rings. The van der Waals surface area contributed by atoms with Gasteiger partial charge < -0.3 is 10.1 Å². The van der Waals surface area contributed by atoms with E-state index >= 15 is 0 Å². The Labute approximate surface area is 164 Å². The summed E-state index contributed by atoms with van der Waals surface area (Å²) in [5, 5.41) is 5.38. The molecule has 0 spiro atoms. The van der Waals surface area contributed by atoms with Crippen molar-refractivity contribution in [3.05, 3.63) is 77.3 Å². The number of aromatic nitrogens is 1. The van der Waals surface area contributed by atoms with E-state index < -0.39 is 0 Å². The Balaban J connectivity index is 1.75. The molecule has 0 aliphatic rings. The van der Waals surface area contributed by atoms with Gasteiger partial charge in [0.1, 0.15) is 5.75 Å². The first-order valence-electron chi connectivity index (χ1n) is 9.10. The zero-order valence-corrected chi connectivity index (χ0v) is 16.4. The molecule has 1 aromatic heterocycles. The highest BCUT2D eigenvalue weighted by atomic mass is 32.1. The second-order valence-electron chi connectivity index (χ2n) is 6.71. The van der Waals surface area contributed by atoms with Gasteiger partial charge in [-0.25, -0.2) is 4.98 Å². The number of carbonyl (C=O) groups excluding carboxylic acids is 1. The van der Waals surface area contributed by atoms with Crippen LogP contribution < -0.4 is 10.1 Å². The van der Waals surface area contributed by atoms with Gasteiger partial charge in [-0.15, -0.1) is 11.3 Å². The zero-order valence-electron chi connectivity index (χ0n) is 15.6. The van der Waals surface area contributed by atoms with Crippen LogP contribution in [0, 0.1) is 0 Å². The van der Waals surface area contributed by atoms with Gasteiger partial charge in [0, 0.05) is 18.0 Å². The maximum absolute atomic E-state index is 12.5. The Bertz CT molecular complexity index is 831. The van der Waals surface area contributed by atoms with Gasteiger partial charge in [-0.05, 0) is 49.4 Å². The number of thiazole rings is 1. The molecule has 1 amide bonds. The molecule has 1 heterocycles. The highest BCUT2D eigenvalue weighted by molar-refractivity contribution is 7.13. The molecule has 140 valence electrons. The van der Waals surface area contributed by atoms with Crippen molar-refractivity contribution in [2.45, 2.75) is 38.7 Å². The highest BCUT2D eigenvalue weighted by Crippen LogP contribution is 2.27. The lowest BCUT2D eigenvalue weighted by molar-refractivity contribution is -0.116. The molecule has 1 atom stereocenters. The minimum atomic E-state index is -0.0200. The predicted octanol–water partition coefficient (Wildman–Crippen LogP) is 5.29. The van der Waals surface area contributed by atoms with Gasteiger partial charge >= 0.3 is 0 Å². The molecule has 27 heavy (non-hydrogen) atoms. The van der Waals surface area contributed by atoms with Crippen LogP contribution in [-0.2, 0) is 11.2 Å². The average molecular weight is 381 g/mol. The maximum Gasteiger partial charge on any atom is 0.226 e. The number of hydrogen-bond acceptors (Lipinski definition) is 4. The summed E-state index contributed by atoms with van der Waals surface area (Å²) in [5.74, 6) is 0.910. The van der Waals surface area contributed by atoms with Crippen LogP contribution in [0.25, 0.3) is 0 Å². The number of nitrogens with zero attached hydrogens (tertiary/aromatic N) is 1. The highest BCUT2D eigenvalue weighted by Gasteiger charge is 2.18. The zero-order chi connectivity index (χ0) is 19.1. The van der Waals surface area contributed by atoms with Gasteiger partial charge in [0.2, 0.25) is 5.91 Å². The molecular formula is C22H24N2O2S. The summed E-state index contributed by atoms with van der Waals surface area (Å²) in [6.45, 7) is 4.02. The molecule has 5 heteroatoms. The van der Waals surface area contributed by atoms with E-state index in [1.807, 2.05) is 49.6 Å². The summed E-state index contributed by atoms with van der Waals surface area (Å²) in [4.78, 5) is 16.7. The van der Waals surface area contributed by atoms with E-state index in [1.165, 1.54) is 16.9 Å². The molecule has 3 rings (SSSR count). The first-order valence-corrected chi connectivity index (χ1v) is 9.98. The molecule has 0 saturated carbocycles. The summed E-state index contributed by atoms with van der Waals surface area (Å²) in [5.41, 5.74) is 2.34. The molecule has 1 N–H and O–H groups in total. The van der Waals surface area contributed by atoms with Gasteiger partial charge in [0.05, 0.1) is 6.10 Å². The quantitative estimate of drug-likeness (QED) is 0.578.